The molecule has 5 aromatic rings. The maximum atomic E-state index is 13.2. The predicted molar refractivity (Wildman–Crippen MR) is 138 cm³/mol. The van der Waals surface area contributed by atoms with E-state index in [0.29, 0.717) is 0 Å². The molecule has 6 rings (SSSR count). The highest BCUT2D eigenvalue weighted by atomic mass is 32.2. The topological polar surface area (TPSA) is 55.1 Å². The van der Waals surface area contributed by atoms with Gasteiger partial charge < -0.3 is 0 Å². The Labute approximate surface area is 210 Å². The molecule has 4 aromatic carbocycles. The third kappa shape index (κ3) is 3.65. The van der Waals surface area contributed by atoms with Crippen molar-refractivity contribution in [2.75, 3.05) is 0 Å². The summed E-state index contributed by atoms with van der Waals surface area (Å²) in [6.45, 7) is 0. The second-order valence-corrected chi connectivity index (χ2v) is 10.7. The number of hydrogen-bond donors (Lipinski definition) is 0. The number of fused-ring (bicyclic) bond motifs is 2. The van der Waals surface area contributed by atoms with Gasteiger partial charge in [-0.2, -0.15) is 4.57 Å². The summed E-state index contributed by atoms with van der Waals surface area (Å²) in [7, 11) is -3.74. The van der Waals surface area contributed by atoms with Gasteiger partial charge in [-0.05, 0) is 35.4 Å². The molecule has 1 unspecified atom stereocenters. The summed E-state index contributed by atoms with van der Waals surface area (Å²) in [6.07, 6.45) is 4.11. The number of carbonyl (C=O) groups excluding carboxylic acids is 1. The molecule has 0 saturated heterocycles. The zero-order valence-electron chi connectivity index (χ0n) is 19.3. The molecule has 2 heterocycles. The van der Waals surface area contributed by atoms with E-state index in [1.165, 1.54) is 11.6 Å². The minimum Gasteiger partial charge on any atom is -0.289 e. The monoisotopic (exact) mass is 488 g/mol. The quantitative estimate of drug-likeness (QED) is 0.301. The average molecular weight is 489 g/mol. The Morgan fingerprint density at radius 1 is 0.556 bits per heavy atom. The molecule has 0 spiro atoms. The fourth-order valence-electron chi connectivity index (χ4n) is 4.89. The van der Waals surface area contributed by atoms with Gasteiger partial charge in [-0.15, -0.1) is 0 Å². The third-order valence-corrected chi connectivity index (χ3v) is 8.52. The van der Waals surface area contributed by atoms with Crippen molar-refractivity contribution in [2.24, 2.45) is 0 Å². The number of carbonyl (C=O) groups is 1. The first-order valence-corrected chi connectivity index (χ1v) is 13.2. The second-order valence-electron chi connectivity index (χ2n) is 8.80. The fraction of sp³-hybridized carbons (Fsp3) is 0.0323. The number of pyridine rings is 1. The van der Waals surface area contributed by atoms with Crippen molar-refractivity contribution in [3.05, 3.63) is 150 Å². The van der Waals surface area contributed by atoms with E-state index in [-0.39, 0.29) is 32.7 Å². The molecule has 36 heavy (non-hydrogen) atoms. The Morgan fingerprint density at radius 3 is 1.89 bits per heavy atom. The van der Waals surface area contributed by atoms with Crippen LogP contribution in [0, 0.1) is 0 Å². The molecule has 1 aromatic heterocycles. The Bertz CT molecular complexity index is 1660. The van der Waals surface area contributed by atoms with Gasteiger partial charge in [-0.3, -0.25) is 4.79 Å². The molecule has 0 bridgehead atoms. The molecule has 1 atom stereocenters. The van der Waals surface area contributed by atoms with Crippen LogP contribution in [0.4, 0.5) is 0 Å². The van der Waals surface area contributed by atoms with Crippen LogP contribution < -0.4 is 4.57 Å². The van der Waals surface area contributed by atoms with Gasteiger partial charge in [0.2, 0.25) is 15.9 Å². The van der Waals surface area contributed by atoms with Gasteiger partial charge in [0.1, 0.15) is 0 Å². The highest BCUT2D eigenvalue weighted by Gasteiger charge is 2.34. The fourth-order valence-corrected chi connectivity index (χ4v) is 6.52. The van der Waals surface area contributed by atoms with Crippen LogP contribution >= 0.6 is 0 Å². The molecule has 0 amide bonds. The predicted octanol–water partition coefficient (Wildman–Crippen LogP) is 5.66. The summed E-state index contributed by atoms with van der Waals surface area (Å²) in [5.41, 5.74) is 4.44. The molecule has 0 N–H and O–H groups in total. The van der Waals surface area contributed by atoms with Gasteiger partial charge in [0, 0.05) is 34.4 Å². The first-order chi connectivity index (χ1) is 17.5. The van der Waals surface area contributed by atoms with Crippen molar-refractivity contribution < 1.29 is 17.8 Å². The summed E-state index contributed by atoms with van der Waals surface area (Å²) in [5.74, 6) is -0.265. The highest BCUT2D eigenvalue weighted by molar-refractivity contribution is 7.91. The third-order valence-electron chi connectivity index (χ3n) is 6.65. The largest absolute Gasteiger partial charge is 0.289 e. The van der Waals surface area contributed by atoms with Gasteiger partial charge in [0.05, 0.1) is 9.79 Å². The van der Waals surface area contributed by atoms with Gasteiger partial charge in [0.25, 0.3) is 0 Å². The van der Waals surface area contributed by atoms with Crippen LogP contribution in [0.1, 0.15) is 33.1 Å². The van der Waals surface area contributed by atoms with E-state index in [1.54, 1.807) is 36.4 Å². The lowest BCUT2D eigenvalue weighted by Crippen LogP contribution is -2.39. The average Bonchev–Trinajstić information content (AvgIpc) is 2.93. The molecule has 4 nitrogen and oxygen atoms in total. The standard InChI is InChI=1S/C31H22NO3S/c33-31-26-11-5-6-12-28(26)36(34,35)29-18-17-25(21-27(29)31)22-13-15-24(16-14-22)30(23-9-3-1-4-10-23)32-19-7-2-8-20-32/h1-21,30H/q+1. The molecule has 5 heteroatoms. The van der Waals surface area contributed by atoms with Crippen molar-refractivity contribution >= 4 is 15.6 Å². The lowest BCUT2D eigenvalue weighted by atomic mass is 9.94. The normalized spacial score (nSPS) is 14.5. The minimum atomic E-state index is -3.74. The van der Waals surface area contributed by atoms with E-state index < -0.39 is 9.84 Å². The number of benzene rings is 4. The summed E-state index contributed by atoms with van der Waals surface area (Å²) in [4.78, 5) is 13.3. The molecular formula is C31H22NO3S+. The Balaban J connectivity index is 1.40. The lowest BCUT2D eigenvalue weighted by Gasteiger charge is -2.19. The van der Waals surface area contributed by atoms with Crippen molar-refractivity contribution in [1.29, 1.82) is 0 Å². The van der Waals surface area contributed by atoms with Gasteiger partial charge >= 0.3 is 0 Å². The van der Waals surface area contributed by atoms with E-state index in [9.17, 15) is 13.2 Å². The van der Waals surface area contributed by atoms with Crippen LogP contribution in [0.15, 0.2) is 137 Å². The molecule has 0 aliphatic carbocycles. The number of nitrogens with zero attached hydrogens (tertiary/aromatic N) is 1. The maximum absolute atomic E-state index is 13.2. The number of aromatic nitrogens is 1. The molecule has 0 radical (unpaired) electrons. The molecule has 0 saturated carbocycles. The summed E-state index contributed by atoms with van der Waals surface area (Å²) < 4.78 is 28.4. The van der Waals surface area contributed by atoms with Crippen molar-refractivity contribution in [3.63, 3.8) is 0 Å². The zero-order valence-corrected chi connectivity index (χ0v) is 20.1. The van der Waals surface area contributed by atoms with Crippen LogP contribution in [0.5, 0.6) is 0 Å². The molecular weight excluding hydrogens is 466 g/mol. The number of sulfone groups is 1. The molecule has 0 fully saturated rings. The lowest BCUT2D eigenvalue weighted by molar-refractivity contribution is -0.704. The van der Waals surface area contributed by atoms with E-state index in [4.69, 9.17) is 0 Å². The summed E-state index contributed by atoms with van der Waals surface area (Å²) in [5, 5.41) is 0. The van der Waals surface area contributed by atoms with E-state index in [1.807, 2.05) is 48.5 Å². The van der Waals surface area contributed by atoms with Crippen molar-refractivity contribution in [2.45, 2.75) is 15.8 Å². The number of hydrogen-bond acceptors (Lipinski definition) is 3. The Kier molecular flexibility index (Phi) is 5.35. The SMILES string of the molecule is O=C1c2ccccc2S(=O)(=O)c2ccc(-c3ccc(C(c4ccccc4)[n+]4ccccc4)cc3)cc21. The molecule has 174 valence electrons. The van der Waals surface area contributed by atoms with E-state index in [0.717, 1.165) is 16.7 Å². The van der Waals surface area contributed by atoms with Crippen molar-refractivity contribution in [3.8, 4) is 11.1 Å². The van der Waals surface area contributed by atoms with Crippen LogP contribution in [0.2, 0.25) is 0 Å². The molecule has 1 aliphatic rings. The van der Waals surface area contributed by atoms with E-state index >= 15 is 0 Å². The van der Waals surface area contributed by atoms with Gasteiger partial charge in [-0.1, -0.05) is 78.9 Å². The maximum Gasteiger partial charge on any atom is 0.208 e. The van der Waals surface area contributed by atoms with Crippen LogP contribution in [0.25, 0.3) is 11.1 Å². The van der Waals surface area contributed by atoms with Crippen molar-refractivity contribution in [1.82, 2.24) is 0 Å². The van der Waals surface area contributed by atoms with E-state index in [2.05, 4.69) is 41.2 Å². The number of ketones is 1. The highest BCUT2D eigenvalue weighted by Crippen LogP contribution is 2.36. The van der Waals surface area contributed by atoms with Gasteiger partial charge in [-0.25, -0.2) is 8.42 Å². The van der Waals surface area contributed by atoms with Crippen LogP contribution in [-0.2, 0) is 9.84 Å². The minimum absolute atomic E-state index is 0.00760. The summed E-state index contributed by atoms with van der Waals surface area (Å²) >= 11 is 0. The van der Waals surface area contributed by atoms with Crippen LogP contribution in [0.3, 0.4) is 0 Å². The summed E-state index contributed by atoms with van der Waals surface area (Å²) in [6, 6.07) is 36.0. The first-order valence-electron chi connectivity index (χ1n) is 11.7. The van der Waals surface area contributed by atoms with Gasteiger partial charge in [0.15, 0.2) is 18.2 Å². The number of rotatable bonds is 4. The van der Waals surface area contributed by atoms with Crippen LogP contribution in [-0.4, -0.2) is 14.2 Å². The Morgan fingerprint density at radius 2 is 1.14 bits per heavy atom. The zero-order chi connectivity index (χ0) is 24.7. The Hall–Kier alpha value is -4.35. The molecule has 1 aliphatic heterocycles. The smallest absolute Gasteiger partial charge is 0.208 e. The first kappa shape index (κ1) is 22.1. The second kappa shape index (κ2) is 8.70.